The Balaban J connectivity index is 1.73. The van der Waals surface area contributed by atoms with Crippen molar-refractivity contribution in [1.82, 2.24) is 15.2 Å². The largest absolute Gasteiger partial charge is 0.405 e. The van der Waals surface area contributed by atoms with Gasteiger partial charge in [0.2, 0.25) is 0 Å². The van der Waals surface area contributed by atoms with Crippen LogP contribution in [0.3, 0.4) is 0 Å². The smallest absolute Gasteiger partial charge is 0.402 e. The Bertz CT molecular complexity index is 1220. The first-order valence-electron chi connectivity index (χ1n) is 11.6. The maximum absolute atomic E-state index is 15.4. The Hall–Kier alpha value is -2.95. The number of aromatic nitrogens is 3. The van der Waals surface area contributed by atoms with E-state index in [1.54, 1.807) is 13.0 Å². The van der Waals surface area contributed by atoms with Crippen molar-refractivity contribution in [2.45, 2.75) is 77.1 Å². The third kappa shape index (κ3) is 5.66. The van der Waals surface area contributed by atoms with Gasteiger partial charge in [0.25, 0.3) is 5.89 Å². The minimum Gasteiger partial charge on any atom is -0.402 e. The van der Waals surface area contributed by atoms with E-state index in [0.29, 0.717) is 28.8 Å². The molecule has 1 aliphatic carbocycles. The van der Waals surface area contributed by atoms with Gasteiger partial charge in [-0.15, -0.1) is 5.10 Å². The number of alkyl halides is 3. The maximum atomic E-state index is 15.4. The van der Waals surface area contributed by atoms with E-state index in [1.165, 1.54) is 6.07 Å². The average Bonchev–Trinajstić information content (AvgIpc) is 3.20. The standard InChI is InChI=1S/C24H29F4N5O2/c1-12-8-17(21-32-33-22(35-21)30-13-6-5-7-14(34)9-13)31-20-15(23(2,3)4)10-16(19(25)18(12)20)29-11-24(26,27)28/h8,10,13-14,29,34H,5-7,9,11H2,1-4H3,(H,30,33). The molecule has 1 fully saturated rings. The van der Waals surface area contributed by atoms with Crippen molar-refractivity contribution in [3.63, 3.8) is 0 Å². The minimum atomic E-state index is -4.49. The molecule has 2 heterocycles. The fourth-order valence-corrected chi connectivity index (χ4v) is 4.42. The number of rotatable bonds is 5. The number of pyridine rings is 1. The van der Waals surface area contributed by atoms with E-state index < -0.39 is 24.0 Å². The third-order valence-corrected chi connectivity index (χ3v) is 6.12. The topological polar surface area (TPSA) is 96.1 Å². The summed E-state index contributed by atoms with van der Waals surface area (Å²) in [6.45, 7) is 5.95. The molecule has 190 valence electrons. The van der Waals surface area contributed by atoms with Crippen LogP contribution in [0.4, 0.5) is 29.3 Å². The summed E-state index contributed by atoms with van der Waals surface area (Å²) in [4.78, 5) is 4.60. The van der Waals surface area contributed by atoms with Gasteiger partial charge in [0.15, 0.2) is 5.82 Å². The molecule has 3 aromatic rings. The summed E-state index contributed by atoms with van der Waals surface area (Å²) in [5.74, 6) is -0.661. The second kappa shape index (κ2) is 9.25. The summed E-state index contributed by atoms with van der Waals surface area (Å²) >= 11 is 0. The Morgan fingerprint density at radius 1 is 1.14 bits per heavy atom. The predicted octanol–water partition coefficient (Wildman–Crippen LogP) is 5.72. The zero-order valence-electron chi connectivity index (χ0n) is 20.1. The fraction of sp³-hybridized carbons (Fsp3) is 0.542. The molecule has 0 amide bonds. The molecule has 35 heavy (non-hydrogen) atoms. The first-order chi connectivity index (χ1) is 16.3. The van der Waals surface area contributed by atoms with E-state index in [1.807, 2.05) is 20.8 Å². The molecular formula is C24H29F4N5O2. The molecule has 0 aliphatic heterocycles. The van der Waals surface area contributed by atoms with E-state index in [2.05, 4.69) is 25.8 Å². The van der Waals surface area contributed by atoms with Gasteiger partial charge in [-0.1, -0.05) is 25.9 Å². The highest BCUT2D eigenvalue weighted by molar-refractivity contribution is 5.91. The van der Waals surface area contributed by atoms with Crippen molar-refractivity contribution in [2.75, 3.05) is 17.2 Å². The van der Waals surface area contributed by atoms with Gasteiger partial charge in [0.1, 0.15) is 12.2 Å². The fourth-order valence-electron chi connectivity index (χ4n) is 4.42. The minimum absolute atomic E-state index is 0.0163. The second-order valence-electron chi connectivity index (χ2n) is 10.1. The summed E-state index contributed by atoms with van der Waals surface area (Å²) in [6.07, 6.45) is -1.72. The van der Waals surface area contributed by atoms with Gasteiger partial charge in [0.05, 0.1) is 17.3 Å². The first kappa shape index (κ1) is 25.2. The Kier molecular flexibility index (Phi) is 6.65. The zero-order chi connectivity index (χ0) is 25.5. The number of nitrogens with one attached hydrogen (secondary N) is 2. The van der Waals surface area contributed by atoms with Crippen molar-refractivity contribution in [2.24, 2.45) is 0 Å². The summed E-state index contributed by atoms with van der Waals surface area (Å²) in [5, 5.41) is 23.4. The molecule has 4 rings (SSSR count). The quantitative estimate of drug-likeness (QED) is 0.390. The van der Waals surface area contributed by atoms with Crippen LogP contribution in [0.2, 0.25) is 0 Å². The number of hydrogen-bond donors (Lipinski definition) is 3. The molecule has 0 radical (unpaired) electrons. The van der Waals surface area contributed by atoms with Crippen LogP contribution in [0.5, 0.6) is 0 Å². The Morgan fingerprint density at radius 3 is 2.54 bits per heavy atom. The summed E-state index contributed by atoms with van der Waals surface area (Å²) < 4.78 is 59.4. The Morgan fingerprint density at radius 2 is 1.89 bits per heavy atom. The van der Waals surface area contributed by atoms with Gasteiger partial charge in [0, 0.05) is 11.4 Å². The average molecular weight is 496 g/mol. The van der Waals surface area contributed by atoms with Crippen molar-refractivity contribution >= 4 is 22.6 Å². The summed E-state index contributed by atoms with van der Waals surface area (Å²) in [6, 6.07) is 3.18. The first-order valence-corrected chi connectivity index (χ1v) is 11.6. The molecule has 2 aromatic heterocycles. The van der Waals surface area contributed by atoms with Crippen molar-refractivity contribution in [1.29, 1.82) is 0 Å². The number of aliphatic hydroxyl groups is 1. The number of aliphatic hydroxyl groups excluding tert-OH is 1. The van der Waals surface area contributed by atoms with Crippen LogP contribution < -0.4 is 10.6 Å². The monoisotopic (exact) mass is 495 g/mol. The van der Waals surface area contributed by atoms with Gasteiger partial charge < -0.3 is 20.2 Å². The number of halogens is 4. The van der Waals surface area contributed by atoms with Crippen molar-refractivity contribution in [3.05, 3.63) is 29.1 Å². The van der Waals surface area contributed by atoms with Crippen LogP contribution in [-0.4, -0.2) is 45.2 Å². The normalized spacial score (nSPS) is 19.2. The summed E-state index contributed by atoms with van der Waals surface area (Å²) in [7, 11) is 0. The van der Waals surface area contributed by atoms with Crippen LogP contribution in [0.25, 0.3) is 22.5 Å². The molecule has 0 bridgehead atoms. The second-order valence-corrected chi connectivity index (χ2v) is 10.1. The molecule has 2 unspecified atom stereocenters. The van der Waals surface area contributed by atoms with Crippen LogP contribution in [-0.2, 0) is 5.41 Å². The molecule has 3 N–H and O–H groups in total. The molecule has 0 spiro atoms. The molecule has 1 aromatic carbocycles. The van der Waals surface area contributed by atoms with E-state index in [-0.39, 0.29) is 35.1 Å². The molecule has 11 heteroatoms. The van der Waals surface area contributed by atoms with Crippen LogP contribution in [0.15, 0.2) is 16.5 Å². The lowest BCUT2D eigenvalue weighted by Gasteiger charge is -2.25. The van der Waals surface area contributed by atoms with Gasteiger partial charge in [-0.3, -0.25) is 0 Å². The van der Waals surface area contributed by atoms with E-state index >= 15 is 4.39 Å². The van der Waals surface area contributed by atoms with Crippen LogP contribution in [0.1, 0.15) is 57.6 Å². The van der Waals surface area contributed by atoms with E-state index in [0.717, 1.165) is 19.3 Å². The number of aryl methyl sites for hydroxylation is 1. The highest BCUT2D eigenvalue weighted by atomic mass is 19.4. The van der Waals surface area contributed by atoms with Crippen molar-refractivity contribution in [3.8, 4) is 11.6 Å². The highest BCUT2D eigenvalue weighted by Crippen LogP contribution is 2.38. The van der Waals surface area contributed by atoms with Crippen LogP contribution >= 0.6 is 0 Å². The molecule has 1 saturated carbocycles. The predicted molar refractivity (Wildman–Crippen MR) is 125 cm³/mol. The lowest BCUT2D eigenvalue weighted by molar-refractivity contribution is -0.115. The Labute approximate surface area is 200 Å². The lowest BCUT2D eigenvalue weighted by Crippen LogP contribution is -2.29. The molecular weight excluding hydrogens is 466 g/mol. The van der Waals surface area contributed by atoms with Gasteiger partial charge >= 0.3 is 12.2 Å². The van der Waals surface area contributed by atoms with Gasteiger partial charge in [-0.2, -0.15) is 13.2 Å². The number of fused-ring (bicyclic) bond motifs is 1. The molecule has 2 atom stereocenters. The number of nitrogens with zero attached hydrogens (tertiary/aromatic N) is 3. The van der Waals surface area contributed by atoms with Gasteiger partial charge in [-0.25, -0.2) is 9.37 Å². The van der Waals surface area contributed by atoms with Crippen LogP contribution in [0, 0.1) is 12.7 Å². The van der Waals surface area contributed by atoms with E-state index in [9.17, 15) is 18.3 Å². The lowest BCUT2D eigenvalue weighted by atomic mass is 9.84. The number of anilines is 2. The molecule has 7 nitrogen and oxygen atoms in total. The maximum Gasteiger partial charge on any atom is 0.405 e. The number of hydrogen-bond acceptors (Lipinski definition) is 7. The highest BCUT2D eigenvalue weighted by Gasteiger charge is 2.29. The van der Waals surface area contributed by atoms with Crippen molar-refractivity contribution < 1.29 is 27.1 Å². The zero-order valence-corrected chi connectivity index (χ0v) is 20.1. The molecule has 1 aliphatic rings. The molecule has 0 saturated heterocycles. The summed E-state index contributed by atoms with van der Waals surface area (Å²) in [5.41, 5.74) is 0.952. The van der Waals surface area contributed by atoms with E-state index in [4.69, 9.17) is 4.42 Å². The number of benzene rings is 1. The third-order valence-electron chi connectivity index (χ3n) is 6.12. The SMILES string of the molecule is Cc1cc(-c2nnc(NC3CCCC(O)C3)o2)nc2c(C(C)(C)C)cc(NCC(F)(F)F)c(F)c12. The van der Waals surface area contributed by atoms with Gasteiger partial charge in [-0.05, 0) is 61.3 Å².